The van der Waals surface area contributed by atoms with Crippen LogP contribution in [0, 0.1) is 0 Å². The van der Waals surface area contributed by atoms with Crippen LogP contribution in [0.1, 0.15) is 53.9 Å². The summed E-state index contributed by atoms with van der Waals surface area (Å²) >= 11 is 0. The van der Waals surface area contributed by atoms with E-state index in [4.69, 9.17) is 0 Å². The van der Waals surface area contributed by atoms with Crippen LogP contribution in [0.25, 0.3) is 0 Å². The van der Waals surface area contributed by atoms with Crippen LogP contribution in [0.15, 0.2) is 0 Å². The molecule has 0 saturated heterocycles. The topological polar surface area (TPSA) is 66.4 Å². The molecule has 2 N–H and O–H groups in total. The summed E-state index contributed by atoms with van der Waals surface area (Å²) in [7, 11) is -3.15. The molecule has 0 amide bonds. The van der Waals surface area contributed by atoms with Gasteiger partial charge in [0.15, 0.2) is 9.84 Å². The smallest absolute Gasteiger partial charge is 0.155 e. The predicted octanol–water partition coefficient (Wildman–Crippen LogP) is 1.73. The lowest BCUT2D eigenvalue weighted by molar-refractivity contribution is 0.0480. The van der Waals surface area contributed by atoms with Gasteiger partial charge in [-0.05, 0) is 60.0 Å². The minimum absolute atomic E-state index is 0.0390. The Hall–Kier alpha value is -0.130. The van der Waals surface area contributed by atoms with Crippen LogP contribution in [-0.2, 0) is 9.84 Å². The third kappa shape index (κ3) is 6.71. The largest absolute Gasteiger partial charge is 0.390 e. The maximum absolute atomic E-state index is 11.9. The van der Waals surface area contributed by atoms with E-state index in [0.717, 1.165) is 19.5 Å². The fourth-order valence-electron chi connectivity index (χ4n) is 1.44. The SMILES string of the molecule is CCCNCCC(C)(O)CCS(=O)(=O)C(C)(C)C. The van der Waals surface area contributed by atoms with Crippen molar-refractivity contribution in [2.75, 3.05) is 18.8 Å². The maximum Gasteiger partial charge on any atom is 0.155 e. The minimum Gasteiger partial charge on any atom is -0.390 e. The van der Waals surface area contributed by atoms with Crippen molar-refractivity contribution in [2.24, 2.45) is 0 Å². The van der Waals surface area contributed by atoms with Crippen LogP contribution in [0.4, 0.5) is 0 Å². The number of nitrogens with one attached hydrogen (secondary N) is 1. The molecule has 0 bridgehead atoms. The standard InChI is InChI=1S/C13H29NO3S/c1-6-9-14-10-7-13(5,15)8-11-18(16,17)12(2,3)4/h14-15H,6-11H2,1-5H3. The lowest BCUT2D eigenvalue weighted by Gasteiger charge is -2.26. The van der Waals surface area contributed by atoms with Crippen LogP contribution >= 0.6 is 0 Å². The number of aliphatic hydroxyl groups is 1. The normalized spacial score (nSPS) is 16.6. The molecule has 1 atom stereocenters. The zero-order valence-electron chi connectivity index (χ0n) is 12.4. The Morgan fingerprint density at radius 3 is 2.06 bits per heavy atom. The highest BCUT2D eigenvalue weighted by Gasteiger charge is 2.31. The molecule has 0 aromatic heterocycles. The second kappa shape index (κ2) is 6.87. The van der Waals surface area contributed by atoms with Gasteiger partial charge in [-0.3, -0.25) is 0 Å². The highest BCUT2D eigenvalue weighted by Crippen LogP contribution is 2.21. The van der Waals surface area contributed by atoms with Gasteiger partial charge in [0.05, 0.1) is 16.1 Å². The first kappa shape index (κ1) is 17.9. The van der Waals surface area contributed by atoms with Crippen LogP contribution < -0.4 is 5.32 Å². The molecule has 0 aliphatic heterocycles. The molecule has 0 radical (unpaired) electrons. The highest BCUT2D eigenvalue weighted by molar-refractivity contribution is 7.92. The average molecular weight is 279 g/mol. The molecule has 0 heterocycles. The Kier molecular flexibility index (Phi) is 6.82. The molecule has 4 nitrogen and oxygen atoms in total. The molecule has 0 aromatic rings. The summed E-state index contributed by atoms with van der Waals surface area (Å²) in [4.78, 5) is 0. The van der Waals surface area contributed by atoms with E-state index >= 15 is 0 Å². The lowest BCUT2D eigenvalue weighted by atomic mass is 9.99. The molecule has 0 fully saturated rings. The van der Waals surface area contributed by atoms with E-state index in [1.165, 1.54) is 0 Å². The van der Waals surface area contributed by atoms with Crippen molar-refractivity contribution in [1.29, 1.82) is 0 Å². The van der Waals surface area contributed by atoms with Gasteiger partial charge < -0.3 is 10.4 Å². The molecule has 18 heavy (non-hydrogen) atoms. The summed E-state index contributed by atoms with van der Waals surface area (Å²) in [6.07, 6.45) is 1.92. The molecule has 0 saturated carbocycles. The van der Waals surface area contributed by atoms with Gasteiger partial charge in [0.2, 0.25) is 0 Å². The predicted molar refractivity (Wildman–Crippen MR) is 76.6 cm³/mol. The van der Waals surface area contributed by atoms with E-state index in [1.807, 2.05) is 0 Å². The van der Waals surface area contributed by atoms with Gasteiger partial charge in [-0.15, -0.1) is 0 Å². The highest BCUT2D eigenvalue weighted by atomic mass is 32.2. The van der Waals surface area contributed by atoms with Crippen molar-refractivity contribution >= 4 is 9.84 Å². The first-order valence-electron chi connectivity index (χ1n) is 6.67. The van der Waals surface area contributed by atoms with Gasteiger partial charge in [0.25, 0.3) is 0 Å². The third-order valence-corrected chi connectivity index (χ3v) is 5.72. The van der Waals surface area contributed by atoms with Crippen LogP contribution in [-0.4, -0.2) is 42.7 Å². The number of hydrogen-bond acceptors (Lipinski definition) is 4. The third-order valence-electron chi connectivity index (χ3n) is 3.11. The molecule has 0 rings (SSSR count). The minimum atomic E-state index is -3.15. The summed E-state index contributed by atoms with van der Waals surface area (Å²) in [6, 6.07) is 0. The molecule has 0 spiro atoms. The summed E-state index contributed by atoms with van der Waals surface area (Å²) in [5.41, 5.74) is -0.918. The van der Waals surface area contributed by atoms with Gasteiger partial charge in [-0.25, -0.2) is 8.42 Å². The van der Waals surface area contributed by atoms with Crippen LogP contribution in [0.5, 0.6) is 0 Å². The Labute approximate surface area is 112 Å². The monoisotopic (exact) mass is 279 g/mol. The zero-order valence-corrected chi connectivity index (χ0v) is 13.2. The van der Waals surface area contributed by atoms with E-state index in [2.05, 4.69) is 12.2 Å². The first-order valence-corrected chi connectivity index (χ1v) is 8.32. The van der Waals surface area contributed by atoms with Crippen LogP contribution in [0.2, 0.25) is 0 Å². The second-order valence-electron chi connectivity index (χ2n) is 6.18. The Morgan fingerprint density at radius 2 is 1.61 bits per heavy atom. The van der Waals surface area contributed by atoms with E-state index in [0.29, 0.717) is 12.8 Å². The maximum atomic E-state index is 11.9. The summed E-state index contributed by atoms with van der Waals surface area (Å²) < 4.78 is 23.2. The van der Waals surface area contributed by atoms with Crippen molar-refractivity contribution in [3.63, 3.8) is 0 Å². The van der Waals surface area contributed by atoms with Crippen molar-refractivity contribution in [2.45, 2.75) is 64.2 Å². The Bertz CT molecular complexity index is 329. The van der Waals surface area contributed by atoms with Crippen LogP contribution in [0.3, 0.4) is 0 Å². The fraction of sp³-hybridized carbons (Fsp3) is 1.00. The molecule has 0 aliphatic rings. The zero-order chi connectivity index (χ0) is 14.4. The Balaban J connectivity index is 4.19. The van der Waals surface area contributed by atoms with E-state index < -0.39 is 20.2 Å². The summed E-state index contributed by atoms with van der Waals surface area (Å²) in [5.74, 6) is 0.0390. The number of rotatable bonds is 8. The van der Waals surface area contributed by atoms with Crippen molar-refractivity contribution < 1.29 is 13.5 Å². The van der Waals surface area contributed by atoms with E-state index in [9.17, 15) is 13.5 Å². The van der Waals surface area contributed by atoms with E-state index in [1.54, 1.807) is 27.7 Å². The molecule has 110 valence electrons. The first-order chi connectivity index (χ1) is 8.02. The van der Waals surface area contributed by atoms with Crippen molar-refractivity contribution in [3.05, 3.63) is 0 Å². The second-order valence-corrected chi connectivity index (χ2v) is 9.04. The lowest BCUT2D eigenvalue weighted by Crippen LogP contribution is -2.36. The van der Waals surface area contributed by atoms with Gasteiger partial charge in [-0.1, -0.05) is 6.92 Å². The summed E-state index contributed by atoms with van der Waals surface area (Å²) in [6.45, 7) is 10.5. The molecule has 0 aromatic carbocycles. The number of sulfone groups is 1. The van der Waals surface area contributed by atoms with Crippen molar-refractivity contribution in [1.82, 2.24) is 5.32 Å². The van der Waals surface area contributed by atoms with Crippen molar-refractivity contribution in [3.8, 4) is 0 Å². The molecule has 0 aliphatic carbocycles. The number of hydrogen-bond donors (Lipinski definition) is 2. The molecule has 5 heteroatoms. The van der Waals surface area contributed by atoms with Gasteiger partial charge in [-0.2, -0.15) is 0 Å². The Morgan fingerprint density at radius 1 is 1.06 bits per heavy atom. The van der Waals surface area contributed by atoms with Gasteiger partial charge in [0.1, 0.15) is 0 Å². The summed E-state index contributed by atoms with van der Waals surface area (Å²) in [5, 5.41) is 13.3. The molecular formula is C13H29NO3S. The molecule has 1 unspecified atom stereocenters. The van der Waals surface area contributed by atoms with Gasteiger partial charge >= 0.3 is 0 Å². The fourth-order valence-corrected chi connectivity index (χ4v) is 2.77. The quantitative estimate of drug-likeness (QED) is 0.664. The average Bonchev–Trinajstić information content (AvgIpc) is 2.21. The van der Waals surface area contributed by atoms with E-state index in [-0.39, 0.29) is 5.75 Å². The molecular weight excluding hydrogens is 250 g/mol. The van der Waals surface area contributed by atoms with Gasteiger partial charge in [0, 0.05) is 0 Å².